The van der Waals surface area contributed by atoms with E-state index in [1.807, 2.05) is 42.2 Å². The molecule has 0 unspecified atom stereocenters. The molecule has 0 bridgehead atoms. The predicted octanol–water partition coefficient (Wildman–Crippen LogP) is 4.28. The Bertz CT molecular complexity index is 880. The Labute approximate surface area is 180 Å². The topological polar surface area (TPSA) is 62.3 Å². The molecule has 1 aliphatic heterocycles. The van der Waals surface area contributed by atoms with Crippen LogP contribution in [0.2, 0.25) is 5.02 Å². The molecule has 2 heterocycles. The molecule has 1 aromatic carbocycles. The number of rotatable bonds is 7. The molecule has 1 aromatic heterocycles. The van der Waals surface area contributed by atoms with Gasteiger partial charge in [-0.2, -0.15) is 0 Å². The monoisotopic (exact) mass is 431 g/mol. The van der Waals surface area contributed by atoms with Crippen LogP contribution in [0.15, 0.2) is 35.7 Å². The third-order valence-electron chi connectivity index (χ3n) is 4.94. The molecule has 1 fully saturated rings. The standard InChI is InChI=1S/C22H26ClN3O2S/c1-2-20(27)24-11-10-19-15-29-22(25-19)17-6-4-12-26(14-17)21(28)9-8-16-5-3-7-18(23)13-16/h3,5,7-9,13,15,17H,2,4,6,10-12,14H2,1H3,(H,24,27)/b9-8+/t17-/m0/s1. The first-order chi connectivity index (χ1) is 14.0. The van der Waals surface area contributed by atoms with Gasteiger partial charge in [0.2, 0.25) is 11.8 Å². The normalized spacial score (nSPS) is 16.9. The second-order valence-electron chi connectivity index (χ2n) is 7.14. The molecule has 2 aromatic rings. The summed E-state index contributed by atoms with van der Waals surface area (Å²) in [6.07, 6.45) is 6.69. The van der Waals surface area contributed by atoms with Gasteiger partial charge in [-0.1, -0.05) is 30.7 Å². The Morgan fingerprint density at radius 3 is 3.07 bits per heavy atom. The maximum absolute atomic E-state index is 12.6. The number of halogens is 1. The van der Waals surface area contributed by atoms with Crippen molar-refractivity contribution >= 4 is 40.8 Å². The first kappa shape index (κ1) is 21.5. The van der Waals surface area contributed by atoms with Crippen LogP contribution in [0.5, 0.6) is 0 Å². The van der Waals surface area contributed by atoms with Crippen molar-refractivity contribution in [3.05, 3.63) is 57.0 Å². The first-order valence-corrected chi connectivity index (χ1v) is 11.2. The number of hydrogen-bond acceptors (Lipinski definition) is 4. The van der Waals surface area contributed by atoms with Crippen molar-refractivity contribution in [1.82, 2.24) is 15.2 Å². The smallest absolute Gasteiger partial charge is 0.246 e. The maximum Gasteiger partial charge on any atom is 0.246 e. The van der Waals surface area contributed by atoms with Gasteiger partial charge in [-0.05, 0) is 36.6 Å². The average Bonchev–Trinajstić information content (AvgIpc) is 3.21. The van der Waals surface area contributed by atoms with Crippen molar-refractivity contribution in [2.45, 2.75) is 38.5 Å². The number of likely N-dealkylation sites (tertiary alicyclic amines) is 1. The van der Waals surface area contributed by atoms with E-state index in [0.29, 0.717) is 24.5 Å². The lowest BCUT2D eigenvalue weighted by molar-refractivity contribution is -0.127. The Balaban J connectivity index is 1.55. The summed E-state index contributed by atoms with van der Waals surface area (Å²) in [4.78, 5) is 30.6. The van der Waals surface area contributed by atoms with E-state index < -0.39 is 0 Å². The zero-order chi connectivity index (χ0) is 20.6. The van der Waals surface area contributed by atoms with Crippen molar-refractivity contribution in [2.24, 2.45) is 0 Å². The quantitative estimate of drug-likeness (QED) is 0.665. The lowest BCUT2D eigenvalue weighted by Crippen LogP contribution is -2.38. The molecule has 29 heavy (non-hydrogen) atoms. The van der Waals surface area contributed by atoms with E-state index in [1.54, 1.807) is 17.4 Å². The minimum Gasteiger partial charge on any atom is -0.356 e. The van der Waals surface area contributed by atoms with Crippen LogP contribution >= 0.6 is 22.9 Å². The molecule has 154 valence electrons. The van der Waals surface area contributed by atoms with Crippen molar-refractivity contribution in [3.8, 4) is 0 Å². The molecule has 2 amide bonds. The number of aromatic nitrogens is 1. The van der Waals surface area contributed by atoms with Gasteiger partial charge >= 0.3 is 0 Å². The molecule has 1 aliphatic rings. The molecule has 0 saturated carbocycles. The lowest BCUT2D eigenvalue weighted by atomic mass is 9.98. The molecule has 1 saturated heterocycles. The highest BCUT2D eigenvalue weighted by Gasteiger charge is 2.25. The second kappa shape index (κ2) is 10.6. The van der Waals surface area contributed by atoms with Crippen LogP contribution in [0.1, 0.15) is 48.4 Å². The van der Waals surface area contributed by atoms with Crippen molar-refractivity contribution in [1.29, 1.82) is 0 Å². The van der Waals surface area contributed by atoms with Crippen LogP contribution in [0, 0.1) is 0 Å². The fourth-order valence-corrected chi connectivity index (χ4v) is 4.52. The molecular weight excluding hydrogens is 406 g/mol. The lowest BCUT2D eigenvalue weighted by Gasteiger charge is -2.31. The van der Waals surface area contributed by atoms with Gasteiger partial charge in [0.15, 0.2) is 0 Å². The predicted molar refractivity (Wildman–Crippen MR) is 118 cm³/mol. The number of thiazole rings is 1. The number of hydrogen-bond donors (Lipinski definition) is 1. The Kier molecular flexibility index (Phi) is 7.83. The highest BCUT2D eigenvalue weighted by molar-refractivity contribution is 7.09. The SMILES string of the molecule is CCC(=O)NCCc1csc([C@H]2CCCN(C(=O)/C=C/c3cccc(Cl)c3)C2)n1. The van der Waals surface area contributed by atoms with Crippen LogP contribution < -0.4 is 5.32 Å². The minimum absolute atomic E-state index is 0.0220. The molecule has 5 nitrogen and oxygen atoms in total. The molecule has 7 heteroatoms. The Morgan fingerprint density at radius 2 is 2.28 bits per heavy atom. The van der Waals surface area contributed by atoms with Gasteiger partial charge in [-0.15, -0.1) is 11.3 Å². The third kappa shape index (κ3) is 6.41. The summed E-state index contributed by atoms with van der Waals surface area (Å²) < 4.78 is 0. The van der Waals surface area contributed by atoms with Gasteiger partial charge in [0.25, 0.3) is 0 Å². The van der Waals surface area contributed by atoms with E-state index in [9.17, 15) is 9.59 Å². The number of piperidine rings is 1. The van der Waals surface area contributed by atoms with Gasteiger partial charge in [-0.3, -0.25) is 9.59 Å². The number of nitrogens with zero attached hydrogens (tertiary/aromatic N) is 2. The zero-order valence-electron chi connectivity index (χ0n) is 16.6. The van der Waals surface area contributed by atoms with Crippen LogP contribution in [-0.4, -0.2) is 41.3 Å². The fraction of sp³-hybridized carbons (Fsp3) is 0.409. The van der Waals surface area contributed by atoms with Crippen molar-refractivity contribution < 1.29 is 9.59 Å². The number of benzene rings is 1. The largest absolute Gasteiger partial charge is 0.356 e. The zero-order valence-corrected chi connectivity index (χ0v) is 18.1. The van der Waals surface area contributed by atoms with E-state index in [4.69, 9.17) is 16.6 Å². The minimum atomic E-state index is 0.0220. The van der Waals surface area contributed by atoms with E-state index in [2.05, 4.69) is 10.7 Å². The second-order valence-corrected chi connectivity index (χ2v) is 8.47. The molecule has 1 N–H and O–H groups in total. The summed E-state index contributed by atoms with van der Waals surface area (Å²) >= 11 is 7.65. The molecule has 0 spiro atoms. The maximum atomic E-state index is 12.6. The first-order valence-electron chi connectivity index (χ1n) is 9.98. The van der Waals surface area contributed by atoms with E-state index in [-0.39, 0.29) is 17.7 Å². The summed E-state index contributed by atoms with van der Waals surface area (Å²) in [7, 11) is 0. The van der Waals surface area contributed by atoms with Crippen LogP contribution in [0.3, 0.4) is 0 Å². The Morgan fingerprint density at radius 1 is 1.41 bits per heavy atom. The summed E-state index contributed by atoms with van der Waals surface area (Å²) in [5, 5.41) is 6.68. The number of amides is 2. The van der Waals surface area contributed by atoms with Crippen LogP contribution in [-0.2, 0) is 16.0 Å². The highest BCUT2D eigenvalue weighted by atomic mass is 35.5. The molecule has 0 aliphatic carbocycles. The number of carbonyl (C=O) groups is 2. The summed E-state index contributed by atoms with van der Waals surface area (Å²) in [6, 6.07) is 7.45. The number of nitrogens with one attached hydrogen (secondary N) is 1. The van der Waals surface area contributed by atoms with Crippen molar-refractivity contribution in [2.75, 3.05) is 19.6 Å². The van der Waals surface area contributed by atoms with Crippen molar-refractivity contribution in [3.63, 3.8) is 0 Å². The summed E-state index contributed by atoms with van der Waals surface area (Å²) in [6.45, 7) is 3.92. The molecular formula is C22H26ClN3O2S. The van der Waals surface area contributed by atoms with Gasteiger partial charge in [0.05, 0.1) is 10.7 Å². The third-order valence-corrected chi connectivity index (χ3v) is 6.23. The van der Waals surface area contributed by atoms with Gasteiger partial charge in [-0.25, -0.2) is 4.98 Å². The van der Waals surface area contributed by atoms with E-state index in [1.165, 1.54) is 0 Å². The van der Waals surface area contributed by atoms with Gasteiger partial charge in [0.1, 0.15) is 0 Å². The highest BCUT2D eigenvalue weighted by Crippen LogP contribution is 2.29. The van der Waals surface area contributed by atoms with Crippen LogP contribution in [0.4, 0.5) is 0 Å². The number of carbonyl (C=O) groups excluding carboxylic acids is 2. The fourth-order valence-electron chi connectivity index (χ4n) is 3.34. The van der Waals surface area contributed by atoms with E-state index >= 15 is 0 Å². The van der Waals surface area contributed by atoms with Gasteiger partial charge in [0, 0.05) is 54.9 Å². The summed E-state index contributed by atoms with van der Waals surface area (Å²) in [5.41, 5.74) is 1.92. The molecule has 1 atom stereocenters. The molecule has 3 rings (SSSR count). The van der Waals surface area contributed by atoms with Crippen LogP contribution in [0.25, 0.3) is 6.08 Å². The average molecular weight is 432 g/mol. The molecule has 0 radical (unpaired) electrons. The summed E-state index contributed by atoms with van der Waals surface area (Å²) in [5.74, 6) is 0.359. The van der Waals surface area contributed by atoms with E-state index in [0.717, 1.165) is 42.1 Å². The Hall–Kier alpha value is -2.18. The van der Waals surface area contributed by atoms with Gasteiger partial charge < -0.3 is 10.2 Å².